The predicted octanol–water partition coefficient (Wildman–Crippen LogP) is 5.11. The van der Waals surface area contributed by atoms with Gasteiger partial charge in [-0.2, -0.15) is 0 Å². The van der Waals surface area contributed by atoms with E-state index in [0.717, 1.165) is 5.46 Å². The van der Waals surface area contributed by atoms with Crippen LogP contribution in [0, 0.1) is 10.8 Å². The Morgan fingerprint density at radius 1 is 0.833 bits per heavy atom. The van der Waals surface area contributed by atoms with Crippen molar-refractivity contribution in [3.8, 4) is 0 Å². The summed E-state index contributed by atoms with van der Waals surface area (Å²) in [6.07, 6.45) is 3.40. The molecule has 24 heavy (non-hydrogen) atoms. The van der Waals surface area contributed by atoms with E-state index in [4.69, 9.17) is 20.9 Å². The van der Waals surface area contributed by atoms with Gasteiger partial charge in [-0.3, -0.25) is 4.98 Å². The summed E-state index contributed by atoms with van der Waals surface area (Å²) in [5, 5.41) is 0.601. The number of hydrogen-bond acceptors (Lipinski definition) is 3. The van der Waals surface area contributed by atoms with E-state index in [2.05, 4.69) is 74.2 Å². The van der Waals surface area contributed by atoms with Crippen molar-refractivity contribution in [2.24, 2.45) is 10.8 Å². The highest BCUT2D eigenvalue weighted by Gasteiger charge is 2.44. The van der Waals surface area contributed by atoms with Crippen molar-refractivity contribution in [3.63, 3.8) is 0 Å². The van der Waals surface area contributed by atoms with E-state index in [1.54, 1.807) is 18.5 Å². The van der Waals surface area contributed by atoms with Crippen LogP contribution in [-0.4, -0.2) is 23.3 Å². The molecule has 0 fully saturated rings. The van der Waals surface area contributed by atoms with Crippen LogP contribution < -0.4 is 5.46 Å². The lowest BCUT2D eigenvalue weighted by atomic mass is 9.71. The van der Waals surface area contributed by atoms with Crippen molar-refractivity contribution in [3.05, 3.63) is 23.5 Å². The van der Waals surface area contributed by atoms with Crippen molar-refractivity contribution in [1.29, 1.82) is 0 Å². The largest absolute Gasteiger partial charge is 0.497 e. The highest BCUT2D eigenvalue weighted by molar-refractivity contribution is 6.65. The Morgan fingerprint density at radius 2 is 1.25 bits per heavy atom. The zero-order chi connectivity index (χ0) is 19.0. The van der Waals surface area contributed by atoms with Gasteiger partial charge in [0.15, 0.2) is 0 Å². The fourth-order valence-corrected chi connectivity index (χ4v) is 1.80. The van der Waals surface area contributed by atoms with Crippen molar-refractivity contribution >= 4 is 24.2 Å². The van der Waals surface area contributed by atoms with Crippen molar-refractivity contribution < 1.29 is 9.31 Å². The highest BCUT2D eigenvalue weighted by Crippen LogP contribution is 2.37. The van der Waals surface area contributed by atoms with E-state index in [-0.39, 0.29) is 10.8 Å². The molecule has 3 nitrogen and oxygen atoms in total. The van der Waals surface area contributed by atoms with Crippen LogP contribution in [0.25, 0.3) is 0 Å². The first-order chi connectivity index (χ1) is 10.6. The number of rotatable bonds is 5. The summed E-state index contributed by atoms with van der Waals surface area (Å²) in [6.45, 7) is 21.3. The Balaban J connectivity index is 3.27. The molecule has 1 heterocycles. The molecule has 0 aliphatic carbocycles. The summed E-state index contributed by atoms with van der Waals surface area (Å²) < 4.78 is 12.9. The van der Waals surface area contributed by atoms with Crippen molar-refractivity contribution in [2.45, 2.75) is 80.4 Å². The monoisotopic (exact) mass is 353 g/mol. The molecule has 136 valence electrons. The number of hydrogen-bond donors (Lipinski definition) is 0. The summed E-state index contributed by atoms with van der Waals surface area (Å²) >= 11 is 6.41. The maximum atomic E-state index is 6.45. The normalized spacial score (nSPS) is 14.0. The Hall–Kier alpha value is -0.575. The predicted molar refractivity (Wildman–Crippen MR) is 104 cm³/mol. The van der Waals surface area contributed by atoms with Crippen LogP contribution in [0.2, 0.25) is 5.02 Å². The third kappa shape index (κ3) is 4.97. The average molecular weight is 354 g/mol. The molecular formula is C19H33BClNO2. The van der Waals surface area contributed by atoms with Gasteiger partial charge in [-0.1, -0.05) is 53.1 Å². The van der Waals surface area contributed by atoms with E-state index in [9.17, 15) is 0 Å². The van der Waals surface area contributed by atoms with Crippen LogP contribution >= 0.6 is 11.6 Å². The number of nitrogens with zero attached hydrogens (tertiary/aromatic N) is 1. The molecule has 0 saturated heterocycles. The maximum absolute atomic E-state index is 6.45. The van der Waals surface area contributed by atoms with Gasteiger partial charge in [0, 0.05) is 22.9 Å². The fourth-order valence-electron chi connectivity index (χ4n) is 1.60. The molecule has 0 atom stereocenters. The SMILES string of the molecule is CC(C)(C)C(C)(C)OB(OC(C)(C)C(C)(C)C)c1cnccc1Cl. The van der Waals surface area contributed by atoms with Gasteiger partial charge in [-0.25, -0.2) is 0 Å². The van der Waals surface area contributed by atoms with Gasteiger partial charge >= 0.3 is 7.12 Å². The van der Waals surface area contributed by atoms with Gasteiger partial charge in [-0.05, 0) is 44.6 Å². The molecule has 0 aliphatic rings. The minimum absolute atomic E-state index is 0.0603. The molecule has 0 saturated carbocycles. The number of aromatic nitrogens is 1. The first-order valence-electron chi connectivity index (χ1n) is 8.53. The minimum Gasteiger partial charge on any atom is -0.402 e. The molecule has 0 N–H and O–H groups in total. The molecule has 0 radical (unpaired) electrons. The molecule has 0 aliphatic heterocycles. The molecule has 0 spiro atoms. The third-order valence-corrected chi connectivity index (χ3v) is 5.81. The Bertz CT molecular complexity index is 531. The van der Waals surface area contributed by atoms with Gasteiger partial charge < -0.3 is 9.31 Å². The van der Waals surface area contributed by atoms with Gasteiger partial charge in [0.25, 0.3) is 0 Å². The molecule has 1 aromatic heterocycles. The molecule has 1 rings (SSSR count). The van der Waals surface area contributed by atoms with Crippen LogP contribution in [0.15, 0.2) is 18.5 Å². The average Bonchev–Trinajstić information content (AvgIpc) is 2.35. The maximum Gasteiger partial charge on any atom is 0.497 e. The number of pyridine rings is 1. The first kappa shape index (κ1) is 21.5. The van der Waals surface area contributed by atoms with E-state index < -0.39 is 18.3 Å². The summed E-state index contributed by atoms with van der Waals surface area (Å²) in [5.74, 6) is 0. The second-order valence-corrected chi connectivity index (χ2v) is 9.89. The lowest BCUT2D eigenvalue weighted by molar-refractivity contribution is -0.0640. The van der Waals surface area contributed by atoms with E-state index >= 15 is 0 Å². The van der Waals surface area contributed by atoms with Crippen LogP contribution in [-0.2, 0) is 9.31 Å². The lowest BCUT2D eigenvalue weighted by Crippen LogP contribution is -2.55. The van der Waals surface area contributed by atoms with E-state index in [1.165, 1.54) is 0 Å². The van der Waals surface area contributed by atoms with Crippen molar-refractivity contribution in [1.82, 2.24) is 4.98 Å². The van der Waals surface area contributed by atoms with Crippen LogP contribution in [0.5, 0.6) is 0 Å². The molecule has 0 unspecified atom stereocenters. The summed E-state index contributed by atoms with van der Waals surface area (Å²) in [6, 6.07) is 1.77. The van der Waals surface area contributed by atoms with Gasteiger partial charge in [0.2, 0.25) is 0 Å². The second kappa shape index (κ2) is 6.97. The Labute approximate surface area is 153 Å². The van der Waals surface area contributed by atoms with Gasteiger partial charge in [0.05, 0.1) is 11.2 Å². The Morgan fingerprint density at radius 3 is 1.58 bits per heavy atom. The van der Waals surface area contributed by atoms with Crippen molar-refractivity contribution in [2.75, 3.05) is 0 Å². The van der Waals surface area contributed by atoms with E-state index in [1.807, 2.05) is 0 Å². The number of halogens is 1. The molecule has 0 bridgehead atoms. The highest BCUT2D eigenvalue weighted by atomic mass is 35.5. The molecule has 0 amide bonds. The summed E-state index contributed by atoms with van der Waals surface area (Å²) in [5.41, 5.74) is -0.186. The zero-order valence-electron chi connectivity index (χ0n) is 17.0. The summed E-state index contributed by atoms with van der Waals surface area (Å²) in [7, 11) is -0.588. The van der Waals surface area contributed by atoms with Crippen LogP contribution in [0.4, 0.5) is 0 Å². The van der Waals surface area contributed by atoms with Crippen LogP contribution in [0.3, 0.4) is 0 Å². The Kier molecular flexibility index (Phi) is 6.24. The quantitative estimate of drug-likeness (QED) is 0.689. The fraction of sp³-hybridized carbons (Fsp3) is 0.737. The molecule has 1 aromatic rings. The molecular weight excluding hydrogens is 320 g/mol. The van der Waals surface area contributed by atoms with Gasteiger partial charge in [-0.15, -0.1) is 0 Å². The first-order valence-corrected chi connectivity index (χ1v) is 8.91. The van der Waals surface area contributed by atoms with Gasteiger partial charge in [0.1, 0.15) is 0 Å². The molecule has 5 heteroatoms. The summed E-state index contributed by atoms with van der Waals surface area (Å²) in [4.78, 5) is 4.21. The van der Waals surface area contributed by atoms with Crippen LogP contribution in [0.1, 0.15) is 69.2 Å². The van der Waals surface area contributed by atoms with E-state index in [0.29, 0.717) is 5.02 Å². The smallest absolute Gasteiger partial charge is 0.402 e. The minimum atomic E-state index is -0.588. The lowest BCUT2D eigenvalue weighted by Gasteiger charge is -2.45. The molecule has 0 aromatic carbocycles. The second-order valence-electron chi connectivity index (χ2n) is 9.49. The third-order valence-electron chi connectivity index (χ3n) is 5.47. The standard InChI is InChI=1S/C19H33BClNO2/c1-16(2,3)18(7,8)23-20(14-13-22-12-11-15(14)21)24-19(9,10)17(4,5)6/h11-13H,1-10H3. The zero-order valence-corrected chi connectivity index (χ0v) is 17.7. The topological polar surface area (TPSA) is 31.4 Å².